The number of sulfonamides is 1. The summed E-state index contributed by atoms with van der Waals surface area (Å²) in [6.45, 7) is 0.670. The van der Waals surface area contributed by atoms with Gasteiger partial charge < -0.3 is 9.32 Å². The molecule has 1 atom stereocenters. The normalized spacial score (nSPS) is 23.4. The second-order valence-electron chi connectivity index (χ2n) is 6.05. The van der Waals surface area contributed by atoms with Gasteiger partial charge in [0.1, 0.15) is 4.90 Å². The average Bonchev–Trinajstić information content (AvgIpc) is 3.16. The third kappa shape index (κ3) is 2.89. The molecule has 1 aliphatic carbocycles. The van der Waals surface area contributed by atoms with Crippen LogP contribution in [0.3, 0.4) is 0 Å². The van der Waals surface area contributed by atoms with Gasteiger partial charge in [-0.25, -0.2) is 13.6 Å². The molecule has 0 bridgehead atoms. The van der Waals surface area contributed by atoms with E-state index in [1.807, 2.05) is 0 Å². The number of primary sulfonamides is 1. The van der Waals surface area contributed by atoms with Crippen molar-refractivity contribution in [1.29, 1.82) is 0 Å². The molecule has 2 fully saturated rings. The number of furan rings is 1. The summed E-state index contributed by atoms with van der Waals surface area (Å²) in [6.07, 6.45) is 6.68. The Morgan fingerprint density at radius 1 is 1.27 bits per heavy atom. The number of hydrogen-bond acceptors (Lipinski definition) is 4. The number of nitrogens with two attached hydrogens (primary N) is 1. The molecule has 8 heteroatoms. The molecule has 1 aromatic heterocycles. The van der Waals surface area contributed by atoms with Crippen molar-refractivity contribution < 1.29 is 17.6 Å². The molecule has 2 aliphatic rings. The van der Waals surface area contributed by atoms with Crippen molar-refractivity contribution in [1.82, 2.24) is 4.90 Å². The molecule has 6 nitrogen and oxygen atoms in total. The number of likely N-dealkylation sites (tertiary alicyclic amines) is 1. The van der Waals surface area contributed by atoms with E-state index < -0.39 is 10.0 Å². The van der Waals surface area contributed by atoms with Crippen molar-refractivity contribution in [2.24, 2.45) is 11.1 Å². The van der Waals surface area contributed by atoms with Gasteiger partial charge in [-0.3, -0.25) is 4.79 Å². The number of amides is 1. The van der Waals surface area contributed by atoms with Crippen LogP contribution in [0.15, 0.2) is 15.4 Å². The fraction of sp³-hybridized carbons (Fsp3) is 0.643. The van der Waals surface area contributed by atoms with Crippen LogP contribution in [0, 0.1) is 5.92 Å². The molecule has 2 N–H and O–H groups in total. The third-order valence-corrected chi connectivity index (χ3v) is 5.99. The Morgan fingerprint density at radius 2 is 1.95 bits per heavy atom. The molecule has 22 heavy (non-hydrogen) atoms. The molecule has 1 amide bonds. The number of rotatable bonds is 3. The Bertz CT molecular complexity index is 679. The van der Waals surface area contributed by atoms with Crippen molar-refractivity contribution in [2.75, 3.05) is 6.54 Å². The smallest absolute Gasteiger partial charge is 0.289 e. The zero-order chi connectivity index (χ0) is 15.9. The molecule has 1 aliphatic heterocycles. The molecule has 0 aromatic carbocycles. The van der Waals surface area contributed by atoms with Crippen LogP contribution in [0.25, 0.3) is 0 Å². The van der Waals surface area contributed by atoms with Gasteiger partial charge in [0.15, 0.2) is 5.76 Å². The summed E-state index contributed by atoms with van der Waals surface area (Å²) in [5.74, 6) is 0.180. The lowest BCUT2D eigenvalue weighted by atomic mass is 9.96. The van der Waals surface area contributed by atoms with Gasteiger partial charge >= 0.3 is 0 Å². The van der Waals surface area contributed by atoms with E-state index in [1.54, 1.807) is 4.90 Å². The van der Waals surface area contributed by atoms with Crippen molar-refractivity contribution in [3.05, 3.63) is 17.0 Å². The monoisotopic (exact) mass is 346 g/mol. The number of carbonyl (C=O) groups is 1. The first kappa shape index (κ1) is 15.8. The van der Waals surface area contributed by atoms with Crippen LogP contribution in [-0.2, 0) is 10.0 Å². The van der Waals surface area contributed by atoms with Crippen molar-refractivity contribution in [3.63, 3.8) is 0 Å². The van der Waals surface area contributed by atoms with Crippen LogP contribution < -0.4 is 5.14 Å². The van der Waals surface area contributed by atoms with Gasteiger partial charge in [0.05, 0.1) is 0 Å². The lowest BCUT2D eigenvalue weighted by molar-refractivity contribution is 0.0657. The summed E-state index contributed by atoms with van der Waals surface area (Å²) in [4.78, 5) is 14.1. The topological polar surface area (TPSA) is 93.6 Å². The Hall–Kier alpha value is -1.05. The van der Waals surface area contributed by atoms with Gasteiger partial charge in [0.2, 0.25) is 15.2 Å². The van der Waals surface area contributed by atoms with Crippen LogP contribution >= 0.6 is 11.6 Å². The maximum atomic E-state index is 12.6. The SMILES string of the molecule is NS(=O)(=O)c1cc(C(=O)N2CCCC2C2CCCC2)oc1Cl. The Morgan fingerprint density at radius 3 is 2.55 bits per heavy atom. The molecule has 0 spiro atoms. The highest BCUT2D eigenvalue weighted by molar-refractivity contribution is 7.89. The van der Waals surface area contributed by atoms with Gasteiger partial charge in [-0.1, -0.05) is 12.8 Å². The molecule has 1 saturated heterocycles. The Kier molecular flexibility index (Phi) is 4.22. The predicted octanol–water partition coefficient (Wildman–Crippen LogP) is 2.38. The lowest BCUT2D eigenvalue weighted by Gasteiger charge is -2.28. The molecule has 3 rings (SSSR count). The van der Waals surface area contributed by atoms with E-state index in [1.165, 1.54) is 12.8 Å². The first-order valence-corrected chi connectivity index (χ1v) is 9.43. The van der Waals surface area contributed by atoms with Crippen LogP contribution in [-0.4, -0.2) is 31.8 Å². The van der Waals surface area contributed by atoms with Crippen molar-refractivity contribution >= 4 is 27.5 Å². The summed E-state index contributed by atoms with van der Waals surface area (Å²) in [6, 6.07) is 1.35. The largest absolute Gasteiger partial charge is 0.438 e. The third-order valence-electron chi connectivity index (χ3n) is 4.68. The highest BCUT2D eigenvalue weighted by Crippen LogP contribution is 2.36. The maximum Gasteiger partial charge on any atom is 0.289 e. The van der Waals surface area contributed by atoms with Gasteiger partial charge in [0.25, 0.3) is 5.91 Å². The summed E-state index contributed by atoms with van der Waals surface area (Å²) >= 11 is 5.75. The fourth-order valence-corrected chi connectivity index (χ4v) is 4.67. The van der Waals surface area contributed by atoms with Crippen LogP contribution in [0.4, 0.5) is 0 Å². The minimum absolute atomic E-state index is 0.0566. The summed E-state index contributed by atoms with van der Waals surface area (Å²) in [7, 11) is -4.00. The lowest BCUT2D eigenvalue weighted by Crippen LogP contribution is -2.39. The summed E-state index contributed by atoms with van der Waals surface area (Å²) < 4.78 is 27.9. The zero-order valence-electron chi connectivity index (χ0n) is 12.1. The molecule has 2 heterocycles. The average molecular weight is 347 g/mol. The van der Waals surface area contributed by atoms with Gasteiger partial charge in [-0.2, -0.15) is 0 Å². The summed E-state index contributed by atoms with van der Waals surface area (Å²) in [5, 5.41) is 4.70. The number of halogens is 1. The predicted molar refractivity (Wildman–Crippen MR) is 81.1 cm³/mol. The highest BCUT2D eigenvalue weighted by atomic mass is 35.5. The first-order chi connectivity index (χ1) is 10.4. The van der Waals surface area contributed by atoms with E-state index in [2.05, 4.69) is 0 Å². The van der Waals surface area contributed by atoms with Gasteiger partial charge in [-0.15, -0.1) is 0 Å². The van der Waals surface area contributed by atoms with Gasteiger partial charge in [-0.05, 0) is 43.2 Å². The number of nitrogens with zero attached hydrogens (tertiary/aromatic N) is 1. The Balaban J connectivity index is 1.84. The molecular formula is C14H19ClN2O4S. The van der Waals surface area contributed by atoms with E-state index >= 15 is 0 Å². The quantitative estimate of drug-likeness (QED) is 0.909. The van der Waals surface area contributed by atoms with E-state index in [0.29, 0.717) is 12.5 Å². The van der Waals surface area contributed by atoms with E-state index in [4.69, 9.17) is 21.2 Å². The van der Waals surface area contributed by atoms with Gasteiger partial charge in [0, 0.05) is 18.7 Å². The van der Waals surface area contributed by atoms with Crippen molar-refractivity contribution in [2.45, 2.75) is 49.5 Å². The number of hydrogen-bond donors (Lipinski definition) is 1. The number of carbonyl (C=O) groups excluding carboxylic acids is 1. The zero-order valence-corrected chi connectivity index (χ0v) is 13.7. The first-order valence-electron chi connectivity index (χ1n) is 7.51. The molecule has 1 aromatic rings. The molecular weight excluding hydrogens is 328 g/mol. The summed E-state index contributed by atoms with van der Waals surface area (Å²) in [5.41, 5.74) is 0. The maximum absolute atomic E-state index is 12.6. The minimum atomic E-state index is -4.00. The second kappa shape index (κ2) is 5.86. The van der Waals surface area contributed by atoms with Crippen LogP contribution in [0.5, 0.6) is 0 Å². The molecule has 122 valence electrons. The molecule has 0 radical (unpaired) electrons. The van der Waals surface area contributed by atoms with Crippen LogP contribution in [0.1, 0.15) is 49.1 Å². The van der Waals surface area contributed by atoms with E-state index in [9.17, 15) is 13.2 Å². The second-order valence-corrected chi connectivity index (χ2v) is 7.92. The van der Waals surface area contributed by atoms with Crippen LogP contribution in [0.2, 0.25) is 5.22 Å². The van der Waals surface area contributed by atoms with E-state index in [-0.39, 0.29) is 27.8 Å². The fourth-order valence-electron chi connectivity index (χ4n) is 3.67. The Labute approximate surface area is 134 Å². The molecule has 1 saturated carbocycles. The standard InChI is InChI=1S/C14H19ClN2O4S/c15-13-12(22(16,19)20)8-11(21-13)14(18)17-7-3-6-10(17)9-4-1-2-5-9/h8-10H,1-7H2,(H2,16,19,20). The highest BCUT2D eigenvalue weighted by Gasteiger charge is 2.37. The molecule has 1 unspecified atom stereocenters. The van der Waals surface area contributed by atoms with Crippen molar-refractivity contribution in [3.8, 4) is 0 Å². The van der Waals surface area contributed by atoms with E-state index in [0.717, 1.165) is 31.7 Å². The minimum Gasteiger partial charge on any atom is -0.438 e.